The highest BCUT2D eigenvalue weighted by Crippen LogP contribution is 2.31. The zero-order valence-electron chi connectivity index (χ0n) is 12.3. The lowest BCUT2D eigenvalue weighted by Gasteiger charge is -2.12. The SMILES string of the molecule is Cc1c(F)cncc1CNC(=O)c1cnc(C(C)(F)F)c(Cl)c1. The predicted molar refractivity (Wildman–Crippen MR) is 78.9 cm³/mol. The van der Waals surface area contributed by atoms with Gasteiger partial charge in [0.1, 0.15) is 11.5 Å². The molecule has 122 valence electrons. The van der Waals surface area contributed by atoms with Crippen LogP contribution < -0.4 is 5.32 Å². The largest absolute Gasteiger partial charge is 0.348 e. The number of alkyl halides is 2. The Morgan fingerprint density at radius 3 is 2.65 bits per heavy atom. The Hall–Kier alpha value is -2.15. The minimum absolute atomic E-state index is 0.0324. The third-order valence-corrected chi connectivity index (χ3v) is 3.50. The maximum absolute atomic E-state index is 13.4. The van der Waals surface area contributed by atoms with Gasteiger partial charge in [-0.25, -0.2) is 4.39 Å². The number of halogens is 4. The number of pyridine rings is 2. The average molecular weight is 344 g/mol. The average Bonchev–Trinajstić information content (AvgIpc) is 2.47. The molecule has 1 amide bonds. The van der Waals surface area contributed by atoms with Gasteiger partial charge in [-0.05, 0) is 24.1 Å². The monoisotopic (exact) mass is 343 g/mol. The number of rotatable bonds is 4. The number of carbonyl (C=O) groups is 1. The summed E-state index contributed by atoms with van der Waals surface area (Å²) in [5, 5.41) is 2.24. The third-order valence-electron chi connectivity index (χ3n) is 3.22. The minimum atomic E-state index is -3.20. The van der Waals surface area contributed by atoms with Crippen LogP contribution in [0.5, 0.6) is 0 Å². The lowest BCUT2D eigenvalue weighted by atomic mass is 10.1. The van der Waals surface area contributed by atoms with Gasteiger partial charge in [-0.1, -0.05) is 11.6 Å². The molecule has 0 fully saturated rings. The first-order chi connectivity index (χ1) is 10.7. The Balaban J connectivity index is 2.12. The fraction of sp³-hybridized carbons (Fsp3) is 0.267. The molecule has 2 heterocycles. The predicted octanol–water partition coefficient (Wildman–Crippen LogP) is 3.62. The van der Waals surface area contributed by atoms with Crippen LogP contribution in [0.4, 0.5) is 13.2 Å². The molecule has 2 aromatic rings. The van der Waals surface area contributed by atoms with Gasteiger partial charge < -0.3 is 5.32 Å². The van der Waals surface area contributed by atoms with Gasteiger partial charge in [0.05, 0.1) is 16.8 Å². The molecule has 0 aromatic carbocycles. The Labute approximate surface area is 135 Å². The summed E-state index contributed by atoms with van der Waals surface area (Å²) in [5.74, 6) is -4.23. The fourth-order valence-corrected chi connectivity index (χ4v) is 2.21. The van der Waals surface area contributed by atoms with Gasteiger partial charge in [0, 0.05) is 25.9 Å². The van der Waals surface area contributed by atoms with E-state index in [1.165, 1.54) is 6.20 Å². The van der Waals surface area contributed by atoms with Crippen LogP contribution in [0.25, 0.3) is 0 Å². The molecule has 0 aliphatic carbocycles. The molecule has 0 saturated heterocycles. The van der Waals surface area contributed by atoms with Crippen molar-refractivity contribution in [2.75, 3.05) is 0 Å². The van der Waals surface area contributed by atoms with Crippen molar-refractivity contribution in [1.82, 2.24) is 15.3 Å². The van der Waals surface area contributed by atoms with Gasteiger partial charge in [0.25, 0.3) is 11.8 Å². The molecule has 0 aliphatic rings. The van der Waals surface area contributed by atoms with Crippen molar-refractivity contribution < 1.29 is 18.0 Å². The normalized spacial score (nSPS) is 11.4. The summed E-state index contributed by atoms with van der Waals surface area (Å²) in [6.07, 6.45) is 3.53. The van der Waals surface area contributed by atoms with Crippen LogP contribution in [0, 0.1) is 12.7 Å². The maximum Gasteiger partial charge on any atom is 0.288 e. The van der Waals surface area contributed by atoms with Crippen LogP contribution in [0.15, 0.2) is 24.7 Å². The van der Waals surface area contributed by atoms with Crippen molar-refractivity contribution in [3.8, 4) is 0 Å². The number of hydrogen-bond donors (Lipinski definition) is 1. The molecule has 4 nitrogen and oxygen atoms in total. The Bertz CT molecular complexity index is 747. The van der Waals surface area contributed by atoms with E-state index in [2.05, 4.69) is 15.3 Å². The van der Waals surface area contributed by atoms with Gasteiger partial charge in [0.15, 0.2) is 0 Å². The second-order valence-corrected chi connectivity index (χ2v) is 5.44. The number of nitrogens with one attached hydrogen (secondary N) is 1. The van der Waals surface area contributed by atoms with Gasteiger partial charge in [-0.3, -0.25) is 14.8 Å². The smallest absolute Gasteiger partial charge is 0.288 e. The summed E-state index contributed by atoms with van der Waals surface area (Å²) in [5.41, 5.74) is 0.317. The van der Waals surface area contributed by atoms with E-state index in [9.17, 15) is 18.0 Å². The van der Waals surface area contributed by atoms with Gasteiger partial charge in [-0.15, -0.1) is 0 Å². The fourth-order valence-electron chi connectivity index (χ4n) is 1.88. The first-order valence-corrected chi connectivity index (χ1v) is 6.99. The number of aromatic nitrogens is 2. The molecule has 0 radical (unpaired) electrons. The van der Waals surface area contributed by atoms with E-state index in [4.69, 9.17) is 11.6 Å². The second-order valence-electron chi connectivity index (χ2n) is 5.03. The maximum atomic E-state index is 13.4. The molecule has 0 bridgehead atoms. The molecular formula is C15H13ClF3N3O. The summed E-state index contributed by atoms with van der Waals surface area (Å²) in [6, 6.07) is 1.12. The van der Waals surface area contributed by atoms with Crippen molar-refractivity contribution >= 4 is 17.5 Å². The van der Waals surface area contributed by atoms with Crippen LogP contribution in [-0.2, 0) is 12.5 Å². The van der Waals surface area contributed by atoms with Crippen molar-refractivity contribution in [2.45, 2.75) is 26.3 Å². The summed E-state index contributed by atoms with van der Waals surface area (Å²) >= 11 is 5.74. The summed E-state index contributed by atoms with van der Waals surface area (Å²) < 4.78 is 39.8. The highest BCUT2D eigenvalue weighted by Gasteiger charge is 2.29. The van der Waals surface area contributed by atoms with Crippen LogP contribution >= 0.6 is 11.6 Å². The van der Waals surface area contributed by atoms with Crippen LogP contribution in [0.3, 0.4) is 0 Å². The highest BCUT2D eigenvalue weighted by atomic mass is 35.5. The van der Waals surface area contributed by atoms with Gasteiger partial charge >= 0.3 is 0 Å². The standard InChI is InChI=1S/C15H13ClF3N3O/c1-8-10(4-20-7-12(8)17)6-22-14(23)9-3-11(16)13(21-5-9)15(2,18)19/h3-5,7H,6H2,1-2H3,(H,22,23). The summed E-state index contributed by atoms with van der Waals surface area (Å²) in [6.45, 7) is 2.27. The molecule has 0 spiro atoms. The first-order valence-electron chi connectivity index (χ1n) is 6.61. The second kappa shape index (κ2) is 6.54. The zero-order valence-corrected chi connectivity index (χ0v) is 13.1. The molecule has 2 rings (SSSR count). The van der Waals surface area contributed by atoms with Crippen molar-refractivity contribution in [1.29, 1.82) is 0 Å². The Morgan fingerprint density at radius 1 is 1.35 bits per heavy atom. The van der Waals surface area contributed by atoms with Gasteiger partial charge in [-0.2, -0.15) is 8.78 Å². The summed E-state index contributed by atoms with van der Waals surface area (Å²) in [4.78, 5) is 19.3. The van der Waals surface area contributed by atoms with Crippen molar-refractivity contribution in [3.05, 3.63) is 57.9 Å². The highest BCUT2D eigenvalue weighted by molar-refractivity contribution is 6.31. The van der Waals surface area contributed by atoms with Crippen LogP contribution in [0.1, 0.15) is 34.1 Å². The molecule has 0 saturated carbocycles. The van der Waals surface area contributed by atoms with E-state index in [1.807, 2.05) is 0 Å². The molecule has 8 heteroatoms. The number of nitrogens with zero attached hydrogens (tertiary/aromatic N) is 2. The first kappa shape index (κ1) is 17.2. The van der Waals surface area contributed by atoms with E-state index in [1.54, 1.807) is 6.92 Å². The number of carbonyl (C=O) groups excluding carboxylic acids is 1. The quantitative estimate of drug-likeness (QED) is 0.922. The number of hydrogen-bond acceptors (Lipinski definition) is 3. The zero-order chi connectivity index (χ0) is 17.2. The molecule has 1 N–H and O–H groups in total. The van der Waals surface area contributed by atoms with E-state index >= 15 is 0 Å². The van der Waals surface area contributed by atoms with Crippen LogP contribution in [0.2, 0.25) is 5.02 Å². The van der Waals surface area contributed by atoms with E-state index in [0.29, 0.717) is 18.1 Å². The molecule has 23 heavy (non-hydrogen) atoms. The molecule has 0 unspecified atom stereocenters. The van der Waals surface area contributed by atoms with Crippen molar-refractivity contribution in [2.24, 2.45) is 0 Å². The lowest BCUT2D eigenvalue weighted by molar-refractivity contribution is 0.0128. The van der Waals surface area contributed by atoms with E-state index in [-0.39, 0.29) is 17.1 Å². The lowest BCUT2D eigenvalue weighted by Crippen LogP contribution is -2.24. The van der Waals surface area contributed by atoms with E-state index < -0.39 is 23.3 Å². The van der Waals surface area contributed by atoms with Crippen LogP contribution in [-0.4, -0.2) is 15.9 Å². The summed E-state index contributed by atoms with van der Waals surface area (Å²) in [7, 11) is 0. The number of amides is 1. The third kappa shape index (κ3) is 3.98. The van der Waals surface area contributed by atoms with Gasteiger partial charge in [0.2, 0.25) is 0 Å². The Kier molecular flexibility index (Phi) is 4.89. The molecule has 0 aliphatic heterocycles. The minimum Gasteiger partial charge on any atom is -0.348 e. The topological polar surface area (TPSA) is 54.9 Å². The molecular weight excluding hydrogens is 331 g/mol. The van der Waals surface area contributed by atoms with Crippen molar-refractivity contribution in [3.63, 3.8) is 0 Å². The van der Waals surface area contributed by atoms with E-state index in [0.717, 1.165) is 18.5 Å². The Morgan fingerprint density at radius 2 is 2.04 bits per heavy atom. The molecule has 0 atom stereocenters. The molecule has 2 aromatic heterocycles.